The van der Waals surface area contributed by atoms with Crippen LogP contribution in [0.2, 0.25) is 0 Å². The highest BCUT2D eigenvalue weighted by Crippen LogP contribution is 1.92. The molecule has 5 heteroatoms. The van der Waals surface area contributed by atoms with Gasteiger partial charge in [0, 0.05) is 0 Å². The molecule has 0 aromatic heterocycles. The Hall–Kier alpha value is -0.271. The lowest BCUT2D eigenvalue weighted by molar-refractivity contribution is -0.00100. The molecule has 1 nitrogen and oxygen atoms in total. The number of rotatable bonds is 3. The molecule has 4 radical (unpaired) electrons. The van der Waals surface area contributed by atoms with Gasteiger partial charge in [0.1, 0.15) is 0 Å². The SMILES string of the molecule is [Cl-].[Cl-].[SiH3][O][Al+2]([c]1ccccc1)[c]1ccccc1. The molecule has 88 valence electrons. The van der Waals surface area contributed by atoms with E-state index in [2.05, 4.69) is 48.5 Å². The predicted molar refractivity (Wildman–Crippen MR) is 68.9 cm³/mol. The molecule has 2 aromatic rings. The van der Waals surface area contributed by atoms with Crippen molar-refractivity contribution in [2.24, 2.45) is 0 Å². The average molecular weight is 299 g/mol. The smallest absolute Gasteiger partial charge is 1.00 e. The summed E-state index contributed by atoms with van der Waals surface area (Å²) in [5.41, 5.74) is 0. The van der Waals surface area contributed by atoms with Crippen LogP contribution in [-0.4, -0.2) is 25.0 Å². The monoisotopic (exact) mass is 298 g/mol. The molecule has 0 unspecified atom stereocenters. The third kappa shape index (κ3) is 4.48. The van der Waals surface area contributed by atoms with Crippen LogP contribution in [0.1, 0.15) is 0 Å². The minimum atomic E-state index is -1.37. The summed E-state index contributed by atoms with van der Waals surface area (Å²) in [6.45, 7) is 0. The van der Waals surface area contributed by atoms with Crippen LogP contribution in [-0.2, 0) is 3.48 Å². The molecular weight excluding hydrogens is 286 g/mol. The van der Waals surface area contributed by atoms with Gasteiger partial charge in [0.2, 0.25) is 10.5 Å². The van der Waals surface area contributed by atoms with Gasteiger partial charge in [-0.25, -0.2) is 3.48 Å². The van der Waals surface area contributed by atoms with E-state index in [9.17, 15) is 0 Å². The van der Waals surface area contributed by atoms with Crippen LogP contribution in [0.15, 0.2) is 60.7 Å². The van der Waals surface area contributed by atoms with E-state index in [1.807, 2.05) is 12.1 Å². The van der Waals surface area contributed by atoms with Gasteiger partial charge >= 0.3 is 14.5 Å². The lowest BCUT2D eigenvalue weighted by atomic mass is 10.4. The molecule has 0 aliphatic heterocycles. The standard InChI is InChI=1S/2C6H5.Al.2ClH.H3OSi/c2*1-2-4-6-5-3-1;;;;1-2/h2*1-5H;;2*1H;2H3/q;;+3;;;-1/p-2. The summed E-state index contributed by atoms with van der Waals surface area (Å²) in [5, 5.41) is 0. The van der Waals surface area contributed by atoms with Crippen LogP contribution in [0.4, 0.5) is 0 Å². The first-order valence-corrected chi connectivity index (χ1v) is 7.49. The summed E-state index contributed by atoms with van der Waals surface area (Å²) in [6, 6.07) is 21.1. The van der Waals surface area contributed by atoms with Crippen molar-refractivity contribution in [3.63, 3.8) is 0 Å². The highest BCUT2D eigenvalue weighted by molar-refractivity contribution is 6.81. The Balaban J connectivity index is 0.00000128. The molecule has 0 spiro atoms. The van der Waals surface area contributed by atoms with Crippen molar-refractivity contribution < 1.29 is 28.3 Å². The van der Waals surface area contributed by atoms with Crippen LogP contribution in [0, 0.1) is 0 Å². The van der Waals surface area contributed by atoms with Crippen molar-refractivity contribution in [2.75, 3.05) is 0 Å². The molecule has 0 fully saturated rings. The van der Waals surface area contributed by atoms with Crippen LogP contribution >= 0.6 is 0 Å². The maximum atomic E-state index is 5.80. The number of benzene rings is 2. The van der Waals surface area contributed by atoms with Crippen LogP contribution in [0.25, 0.3) is 0 Å². The minimum absolute atomic E-state index is 0. The Morgan fingerprint density at radius 3 is 1.35 bits per heavy atom. The zero-order valence-electron chi connectivity index (χ0n) is 9.52. The molecular formula is C12H13AlCl2OSi. The fourth-order valence-corrected chi connectivity index (χ4v) is 5.43. The Bertz CT molecular complexity index is 374. The van der Waals surface area contributed by atoms with E-state index in [1.165, 1.54) is 8.85 Å². The van der Waals surface area contributed by atoms with Crippen molar-refractivity contribution in [3.05, 3.63) is 60.7 Å². The summed E-state index contributed by atoms with van der Waals surface area (Å²) in [5.74, 6) is 0. The average Bonchev–Trinajstić information content (AvgIpc) is 2.33. The van der Waals surface area contributed by atoms with Crippen LogP contribution in [0.5, 0.6) is 0 Å². The fraction of sp³-hybridized carbons (Fsp3) is 0. The lowest BCUT2D eigenvalue weighted by Gasteiger charge is -1.84. The number of hydrogen-bond donors (Lipinski definition) is 0. The van der Waals surface area contributed by atoms with Gasteiger partial charge in [-0.05, 0) is 24.3 Å². The fourth-order valence-electron chi connectivity index (χ4n) is 1.72. The Labute approximate surface area is 122 Å². The van der Waals surface area contributed by atoms with Gasteiger partial charge in [-0.2, -0.15) is 0 Å². The molecule has 0 amide bonds. The van der Waals surface area contributed by atoms with Crippen molar-refractivity contribution in [3.8, 4) is 0 Å². The molecule has 0 aliphatic rings. The van der Waals surface area contributed by atoms with Gasteiger partial charge in [0.25, 0.3) is 0 Å². The largest absolute Gasteiger partial charge is 1.25 e. The minimum Gasteiger partial charge on any atom is -1.00 e. The quantitative estimate of drug-likeness (QED) is 0.513. The second kappa shape index (κ2) is 8.77. The summed E-state index contributed by atoms with van der Waals surface area (Å²) in [6.07, 6.45) is 0. The number of hydrogen-bond acceptors (Lipinski definition) is 1. The molecule has 0 N–H and O–H groups in total. The van der Waals surface area contributed by atoms with E-state index in [0.29, 0.717) is 0 Å². The molecule has 2 aromatic carbocycles. The van der Waals surface area contributed by atoms with E-state index >= 15 is 0 Å². The van der Waals surface area contributed by atoms with E-state index in [1.54, 1.807) is 0 Å². The summed E-state index contributed by atoms with van der Waals surface area (Å²) in [4.78, 5) is 0. The highest BCUT2D eigenvalue weighted by Gasteiger charge is 2.69. The second-order valence-corrected chi connectivity index (χ2v) is 7.42. The molecule has 0 aliphatic carbocycles. The molecule has 2 rings (SSSR count). The Morgan fingerprint density at radius 2 is 1.06 bits per heavy atom. The van der Waals surface area contributed by atoms with E-state index < -0.39 is 14.5 Å². The number of halogens is 2. The van der Waals surface area contributed by atoms with Crippen LogP contribution in [0.3, 0.4) is 0 Å². The zero-order valence-corrected chi connectivity index (χ0v) is 14.2. The Morgan fingerprint density at radius 1 is 0.706 bits per heavy atom. The first-order chi connectivity index (χ1) is 7.42. The van der Waals surface area contributed by atoms with Gasteiger partial charge in [-0.1, -0.05) is 36.4 Å². The molecule has 17 heavy (non-hydrogen) atoms. The topological polar surface area (TPSA) is 9.23 Å². The van der Waals surface area contributed by atoms with Crippen molar-refractivity contribution >= 4 is 33.8 Å². The molecule has 0 atom stereocenters. The van der Waals surface area contributed by atoms with Gasteiger partial charge < -0.3 is 24.8 Å². The molecule has 0 saturated heterocycles. The molecule has 0 saturated carbocycles. The molecule has 0 heterocycles. The van der Waals surface area contributed by atoms with Crippen molar-refractivity contribution in [1.82, 2.24) is 0 Å². The zero-order chi connectivity index (χ0) is 10.5. The summed E-state index contributed by atoms with van der Waals surface area (Å²) < 4.78 is 8.52. The highest BCUT2D eigenvalue weighted by atomic mass is 35.5. The van der Waals surface area contributed by atoms with Crippen LogP contribution < -0.4 is 33.7 Å². The third-order valence-corrected chi connectivity index (χ3v) is 6.31. The molecule has 0 bridgehead atoms. The van der Waals surface area contributed by atoms with Gasteiger partial charge in [-0.3, -0.25) is 0 Å². The van der Waals surface area contributed by atoms with Gasteiger partial charge in [0.05, 0.1) is 0 Å². The van der Waals surface area contributed by atoms with E-state index in [-0.39, 0.29) is 24.8 Å². The van der Waals surface area contributed by atoms with Crippen molar-refractivity contribution in [1.29, 1.82) is 0 Å². The van der Waals surface area contributed by atoms with E-state index in [4.69, 9.17) is 3.48 Å². The first kappa shape index (κ1) is 16.7. The maximum Gasteiger partial charge on any atom is 1.25 e. The second-order valence-electron chi connectivity index (χ2n) is 3.44. The van der Waals surface area contributed by atoms with E-state index in [0.717, 1.165) is 10.5 Å². The lowest BCUT2D eigenvalue weighted by Crippen LogP contribution is -3.00. The van der Waals surface area contributed by atoms with Gasteiger partial charge in [0.15, 0.2) is 8.85 Å². The normalized spacial score (nSPS) is 9.47. The van der Waals surface area contributed by atoms with Gasteiger partial charge in [-0.15, -0.1) is 0 Å². The predicted octanol–water partition coefficient (Wildman–Crippen LogP) is -5.90. The first-order valence-electron chi connectivity index (χ1n) is 5.04. The summed E-state index contributed by atoms with van der Waals surface area (Å²) in [7, 11) is 0.804. The maximum absolute atomic E-state index is 5.80. The Kier molecular flexibility index (Phi) is 8.63. The summed E-state index contributed by atoms with van der Waals surface area (Å²) >= 11 is -1.37. The van der Waals surface area contributed by atoms with Crippen molar-refractivity contribution in [2.45, 2.75) is 0 Å². The third-order valence-electron chi connectivity index (χ3n) is 2.44.